The van der Waals surface area contributed by atoms with E-state index >= 15 is 0 Å². The highest BCUT2D eigenvalue weighted by Gasteiger charge is 2.17. The molecule has 2 aromatic heterocycles. The van der Waals surface area contributed by atoms with Crippen molar-refractivity contribution in [2.24, 2.45) is 14.1 Å². The smallest absolute Gasteiger partial charge is 0.312 e. The van der Waals surface area contributed by atoms with E-state index in [0.29, 0.717) is 22.4 Å². The molecule has 0 atom stereocenters. The first-order chi connectivity index (χ1) is 10.9. The SMILES string of the molecule is Cc1ccc(CCn2c(Br)nc3c2c(=O)n(C)c(=O)n3C)cc1. The fraction of sp³-hybridized carbons (Fsp3) is 0.312. The molecule has 3 aromatic rings. The Morgan fingerprint density at radius 2 is 1.74 bits per heavy atom. The fourth-order valence-corrected chi connectivity index (χ4v) is 3.14. The standard InChI is InChI=1S/C16H17BrN4O2/c1-10-4-6-11(7-5-10)8-9-21-12-13(18-15(21)17)19(2)16(23)20(3)14(12)22/h4-7H,8-9H2,1-3H3. The van der Waals surface area contributed by atoms with E-state index in [4.69, 9.17) is 0 Å². The van der Waals surface area contributed by atoms with Crippen molar-refractivity contribution < 1.29 is 0 Å². The molecule has 1 aromatic carbocycles. The Morgan fingerprint density at radius 1 is 1.09 bits per heavy atom. The van der Waals surface area contributed by atoms with Crippen LogP contribution in [-0.2, 0) is 27.1 Å². The summed E-state index contributed by atoms with van der Waals surface area (Å²) < 4.78 is 4.87. The fourth-order valence-electron chi connectivity index (χ4n) is 2.62. The third-order valence-electron chi connectivity index (χ3n) is 4.05. The Labute approximate surface area is 141 Å². The van der Waals surface area contributed by atoms with Gasteiger partial charge in [-0.05, 0) is 34.8 Å². The molecule has 0 amide bonds. The van der Waals surface area contributed by atoms with Crippen LogP contribution in [-0.4, -0.2) is 18.7 Å². The van der Waals surface area contributed by atoms with E-state index < -0.39 is 0 Å². The van der Waals surface area contributed by atoms with Gasteiger partial charge in [-0.15, -0.1) is 0 Å². The number of hydrogen-bond acceptors (Lipinski definition) is 3. The summed E-state index contributed by atoms with van der Waals surface area (Å²) in [5.41, 5.74) is 2.53. The number of aryl methyl sites for hydroxylation is 4. The van der Waals surface area contributed by atoms with Crippen molar-refractivity contribution in [1.82, 2.24) is 18.7 Å². The van der Waals surface area contributed by atoms with E-state index in [1.165, 1.54) is 22.7 Å². The molecule has 0 radical (unpaired) electrons. The summed E-state index contributed by atoms with van der Waals surface area (Å²) in [5.74, 6) is 0. The van der Waals surface area contributed by atoms with Crippen LogP contribution >= 0.6 is 15.9 Å². The second-order valence-electron chi connectivity index (χ2n) is 5.65. The van der Waals surface area contributed by atoms with Crippen molar-refractivity contribution in [2.45, 2.75) is 19.9 Å². The van der Waals surface area contributed by atoms with Gasteiger partial charge in [0, 0.05) is 20.6 Å². The zero-order valence-electron chi connectivity index (χ0n) is 13.2. The second-order valence-corrected chi connectivity index (χ2v) is 6.36. The van der Waals surface area contributed by atoms with Crippen LogP contribution in [0.1, 0.15) is 11.1 Å². The third kappa shape index (κ3) is 2.65. The minimum atomic E-state index is -0.377. The summed E-state index contributed by atoms with van der Waals surface area (Å²) in [6, 6.07) is 8.30. The molecule has 0 fully saturated rings. The molecule has 6 nitrogen and oxygen atoms in total. The third-order valence-corrected chi connectivity index (χ3v) is 4.65. The van der Waals surface area contributed by atoms with Gasteiger partial charge in [-0.2, -0.15) is 0 Å². The van der Waals surface area contributed by atoms with Crippen LogP contribution in [0.15, 0.2) is 38.6 Å². The summed E-state index contributed by atoms with van der Waals surface area (Å²) >= 11 is 3.40. The van der Waals surface area contributed by atoms with Crippen molar-refractivity contribution >= 4 is 27.1 Å². The van der Waals surface area contributed by atoms with E-state index in [2.05, 4.69) is 45.2 Å². The first-order valence-electron chi connectivity index (χ1n) is 7.27. The minimum absolute atomic E-state index is 0.329. The lowest BCUT2D eigenvalue weighted by atomic mass is 10.1. The predicted molar refractivity (Wildman–Crippen MR) is 92.8 cm³/mol. The quantitative estimate of drug-likeness (QED) is 0.654. The molecule has 0 aliphatic carbocycles. The number of rotatable bonds is 3. The van der Waals surface area contributed by atoms with Crippen LogP contribution in [0.25, 0.3) is 11.2 Å². The first kappa shape index (κ1) is 15.7. The molecule has 23 heavy (non-hydrogen) atoms. The Hall–Kier alpha value is -2.15. The molecule has 0 saturated carbocycles. The molecule has 2 heterocycles. The number of imidazole rings is 1. The summed E-state index contributed by atoms with van der Waals surface area (Å²) in [6.07, 6.45) is 0.774. The highest BCUT2D eigenvalue weighted by atomic mass is 79.9. The van der Waals surface area contributed by atoms with E-state index in [9.17, 15) is 9.59 Å². The first-order valence-corrected chi connectivity index (χ1v) is 8.06. The molecule has 0 aliphatic rings. The molecule has 0 unspecified atom stereocenters. The predicted octanol–water partition coefficient (Wildman–Crippen LogP) is 1.75. The Balaban J connectivity index is 2.07. The van der Waals surface area contributed by atoms with Gasteiger partial charge in [0.2, 0.25) is 0 Å². The van der Waals surface area contributed by atoms with E-state index in [-0.39, 0.29) is 11.2 Å². The number of benzene rings is 1. The van der Waals surface area contributed by atoms with Crippen LogP contribution < -0.4 is 11.2 Å². The maximum absolute atomic E-state index is 12.5. The maximum atomic E-state index is 12.5. The molecule has 0 spiro atoms. The van der Waals surface area contributed by atoms with Crippen LogP contribution in [0.3, 0.4) is 0 Å². The summed E-state index contributed by atoms with van der Waals surface area (Å²) in [6.45, 7) is 2.65. The van der Waals surface area contributed by atoms with Gasteiger partial charge in [-0.25, -0.2) is 9.78 Å². The van der Waals surface area contributed by atoms with Crippen molar-refractivity contribution in [2.75, 3.05) is 0 Å². The molecule has 7 heteroatoms. The Morgan fingerprint density at radius 3 is 2.39 bits per heavy atom. The number of fused-ring (bicyclic) bond motifs is 1. The Kier molecular flexibility index (Phi) is 3.97. The van der Waals surface area contributed by atoms with Gasteiger partial charge < -0.3 is 4.57 Å². The average Bonchev–Trinajstić information content (AvgIpc) is 2.87. The lowest BCUT2D eigenvalue weighted by Crippen LogP contribution is -2.37. The molecule has 0 bridgehead atoms. The van der Waals surface area contributed by atoms with Gasteiger partial charge in [0.05, 0.1) is 0 Å². The lowest BCUT2D eigenvalue weighted by molar-refractivity contribution is 0.678. The number of halogens is 1. The highest BCUT2D eigenvalue weighted by Crippen LogP contribution is 2.17. The van der Waals surface area contributed by atoms with Crippen LogP contribution in [0, 0.1) is 6.92 Å². The van der Waals surface area contributed by atoms with Crippen LogP contribution in [0.5, 0.6) is 0 Å². The van der Waals surface area contributed by atoms with Gasteiger partial charge in [0.1, 0.15) is 0 Å². The normalized spacial score (nSPS) is 11.3. The van der Waals surface area contributed by atoms with Crippen molar-refractivity contribution in [3.63, 3.8) is 0 Å². The number of nitrogens with zero attached hydrogens (tertiary/aromatic N) is 4. The molecular formula is C16H17BrN4O2. The molecule has 0 saturated heterocycles. The maximum Gasteiger partial charge on any atom is 0.332 e. The van der Waals surface area contributed by atoms with Gasteiger partial charge >= 0.3 is 5.69 Å². The highest BCUT2D eigenvalue weighted by molar-refractivity contribution is 9.10. The van der Waals surface area contributed by atoms with Gasteiger partial charge in [0.25, 0.3) is 5.56 Å². The number of hydrogen-bond donors (Lipinski definition) is 0. The van der Waals surface area contributed by atoms with Gasteiger partial charge in [-0.3, -0.25) is 13.9 Å². The summed E-state index contributed by atoms with van der Waals surface area (Å²) in [5, 5.41) is 0. The van der Waals surface area contributed by atoms with Crippen molar-refractivity contribution in [3.05, 3.63) is 61.0 Å². The van der Waals surface area contributed by atoms with Crippen LogP contribution in [0.4, 0.5) is 0 Å². The molecule has 3 rings (SSSR count). The largest absolute Gasteiger partial charge is 0.332 e. The monoisotopic (exact) mass is 376 g/mol. The molecule has 0 N–H and O–H groups in total. The second kappa shape index (κ2) is 5.81. The van der Waals surface area contributed by atoms with Crippen LogP contribution in [0.2, 0.25) is 0 Å². The average molecular weight is 377 g/mol. The van der Waals surface area contributed by atoms with Crippen molar-refractivity contribution in [1.29, 1.82) is 0 Å². The van der Waals surface area contributed by atoms with Gasteiger partial charge in [0.15, 0.2) is 15.9 Å². The van der Waals surface area contributed by atoms with Crippen molar-refractivity contribution in [3.8, 4) is 0 Å². The lowest BCUT2D eigenvalue weighted by Gasteiger charge is -2.08. The summed E-state index contributed by atoms with van der Waals surface area (Å²) in [7, 11) is 3.10. The zero-order valence-corrected chi connectivity index (χ0v) is 14.8. The molecular weight excluding hydrogens is 360 g/mol. The minimum Gasteiger partial charge on any atom is -0.312 e. The van der Waals surface area contributed by atoms with E-state index in [1.807, 2.05) is 11.5 Å². The van der Waals surface area contributed by atoms with E-state index in [1.54, 1.807) is 7.05 Å². The topological polar surface area (TPSA) is 61.8 Å². The van der Waals surface area contributed by atoms with Gasteiger partial charge in [-0.1, -0.05) is 29.8 Å². The van der Waals surface area contributed by atoms with E-state index in [0.717, 1.165) is 11.0 Å². The zero-order chi connectivity index (χ0) is 16.7. The number of aromatic nitrogens is 4. The molecule has 120 valence electrons. The summed E-state index contributed by atoms with van der Waals surface area (Å²) in [4.78, 5) is 28.8. The Bertz CT molecular complexity index is 996. The molecule has 0 aliphatic heterocycles.